The van der Waals surface area contributed by atoms with Gasteiger partial charge in [-0.1, -0.05) is 43.5 Å². The molecular formula is C21H22N2O2. The van der Waals surface area contributed by atoms with Gasteiger partial charge in [0.05, 0.1) is 11.8 Å². The summed E-state index contributed by atoms with van der Waals surface area (Å²) >= 11 is 0. The topological polar surface area (TPSA) is 55.1 Å². The molecule has 0 radical (unpaired) electrons. The van der Waals surface area contributed by atoms with Gasteiger partial charge in [-0.2, -0.15) is 5.10 Å². The van der Waals surface area contributed by atoms with Crippen LogP contribution >= 0.6 is 0 Å². The molecule has 0 atom stereocenters. The summed E-state index contributed by atoms with van der Waals surface area (Å²) in [6.45, 7) is 0.927. The molecule has 4 heteroatoms. The van der Waals surface area contributed by atoms with Crippen LogP contribution in [0.3, 0.4) is 0 Å². The van der Waals surface area contributed by atoms with Crippen LogP contribution in [-0.2, 0) is 6.54 Å². The lowest BCUT2D eigenvalue weighted by Crippen LogP contribution is -2.14. The Kier molecular flexibility index (Phi) is 4.26. The van der Waals surface area contributed by atoms with Crippen LogP contribution in [0.2, 0.25) is 0 Å². The molecule has 2 aromatic carbocycles. The SMILES string of the molecule is O=C(O)c1cc2ccccc2cc1-c1cnn(CC2CCCCC2)c1. The maximum atomic E-state index is 11.7. The van der Waals surface area contributed by atoms with Crippen LogP contribution in [0.25, 0.3) is 21.9 Å². The summed E-state index contributed by atoms with van der Waals surface area (Å²) in [7, 11) is 0. The van der Waals surface area contributed by atoms with Crippen molar-refractivity contribution < 1.29 is 9.90 Å². The van der Waals surface area contributed by atoms with Crippen molar-refractivity contribution >= 4 is 16.7 Å². The molecule has 3 aromatic rings. The summed E-state index contributed by atoms with van der Waals surface area (Å²) in [4.78, 5) is 11.7. The second-order valence-corrected chi connectivity index (χ2v) is 7.01. The third-order valence-corrected chi connectivity index (χ3v) is 5.23. The lowest BCUT2D eigenvalue weighted by atomic mass is 9.89. The van der Waals surface area contributed by atoms with Crippen molar-refractivity contribution in [1.29, 1.82) is 0 Å². The highest BCUT2D eigenvalue weighted by Crippen LogP contribution is 2.30. The van der Waals surface area contributed by atoms with Crippen LogP contribution in [0.1, 0.15) is 42.5 Å². The third kappa shape index (κ3) is 3.29. The van der Waals surface area contributed by atoms with E-state index < -0.39 is 5.97 Å². The number of rotatable bonds is 4. The van der Waals surface area contributed by atoms with Crippen molar-refractivity contribution in [3.8, 4) is 11.1 Å². The smallest absolute Gasteiger partial charge is 0.336 e. The van der Waals surface area contributed by atoms with Crippen molar-refractivity contribution in [2.24, 2.45) is 5.92 Å². The second-order valence-electron chi connectivity index (χ2n) is 7.01. The highest BCUT2D eigenvalue weighted by Gasteiger charge is 2.17. The summed E-state index contributed by atoms with van der Waals surface area (Å²) in [5, 5.41) is 16.1. The fourth-order valence-corrected chi connectivity index (χ4v) is 3.89. The average molecular weight is 334 g/mol. The molecule has 1 aliphatic carbocycles. The van der Waals surface area contributed by atoms with Crippen LogP contribution in [0.5, 0.6) is 0 Å². The Morgan fingerprint density at radius 2 is 1.84 bits per heavy atom. The molecule has 1 N–H and O–H groups in total. The van der Waals surface area contributed by atoms with E-state index in [1.165, 1.54) is 32.1 Å². The number of carboxylic acids is 1. The molecule has 0 bridgehead atoms. The lowest BCUT2D eigenvalue weighted by Gasteiger charge is -2.21. The van der Waals surface area contributed by atoms with Gasteiger partial charge in [0.2, 0.25) is 0 Å². The first-order valence-corrected chi connectivity index (χ1v) is 8.99. The van der Waals surface area contributed by atoms with E-state index in [2.05, 4.69) is 5.10 Å². The summed E-state index contributed by atoms with van der Waals surface area (Å²) in [5.74, 6) is -0.210. The Labute approximate surface area is 147 Å². The third-order valence-electron chi connectivity index (χ3n) is 5.23. The van der Waals surface area contributed by atoms with E-state index in [1.54, 1.807) is 12.3 Å². The predicted molar refractivity (Wildman–Crippen MR) is 98.7 cm³/mol. The van der Waals surface area contributed by atoms with E-state index in [-0.39, 0.29) is 0 Å². The number of hydrogen-bond donors (Lipinski definition) is 1. The number of carboxylic acid groups (broad SMARTS) is 1. The minimum absolute atomic E-state index is 0.330. The summed E-state index contributed by atoms with van der Waals surface area (Å²) in [6, 6.07) is 11.6. The van der Waals surface area contributed by atoms with Crippen LogP contribution < -0.4 is 0 Å². The molecule has 0 amide bonds. The zero-order valence-electron chi connectivity index (χ0n) is 14.2. The molecule has 0 unspecified atom stereocenters. The molecule has 1 aliphatic rings. The van der Waals surface area contributed by atoms with Gasteiger partial charge in [-0.25, -0.2) is 4.79 Å². The largest absolute Gasteiger partial charge is 0.478 e. The van der Waals surface area contributed by atoms with Crippen LogP contribution in [0, 0.1) is 5.92 Å². The standard InChI is InChI=1S/C21H22N2O2/c24-21(25)20-11-17-9-5-4-8-16(17)10-19(20)18-12-22-23(14-18)13-15-6-2-1-3-7-15/h4-5,8-12,14-15H,1-3,6-7,13H2,(H,24,25). The number of nitrogens with zero attached hydrogens (tertiary/aromatic N) is 2. The van der Waals surface area contributed by atoms with Gasteiger partial charge in [0, 0.05) is 18.3 Å². The maximum absolute atomic E-state index is 11.7. The molecule has 0 spiro atoms. The Hall–Kier alpha value is -2.62. The lowest BCUT2D eigenvalue weighted by molar-refractivity contribution is 0.0698. The zero-order valence-corrected chi connectivity index (χ0v) is 14.2. The molecule has 128 valence electrons. The van der Waals surface area contributed by atoms with E-state index in [0.717, 1.165) is 28.4 Å². The van der Waals surface area contributed by atoms with Gasteiger partial charge < -0.3 is 5.11 Å². The van der Waals surface area contributed by atoms with Gasteiger partial charge in [-0.3, -0.25) is 4.68 Å². The number of aromatic carboxylic acids is 1. The first kappa shape index (κ1) is 15.9. The molecular weight excluding hydrogens is 312 g/mol. The molecule has 1 saturated carbocycles. The number of benzene rings is 2. The summed E-state index contributed by atoms with van der Waals surface area (Å²) in [5.41, 5.74) is 1.94. The average Bonchev–Trinajstić information content (AvgIpc) is 3.09. The molecule has 4 rings (SSSR count). The van der Waals surface area contributed by atoms with Crippen molar-refractivity contribution in [2.75, 3.05) is 0 Å². The Morgan fingerprint density at radius 3 is 2.56 bits per heavy atom. The summed E-state index contributed by atoms with van der Waals surface area (Å²) in [6.07, 6.45) is 10.3. The maximum Gasteiger partial charge on any atom is 0.336 e. The van der Waals surface area contributed by atoms with E-state index in [1.807, 2.05) is 41.2 Å². The van der Waals surface area contributed by atoms with Gasteiger partial charge in [0.25, 0.3) is 0 Å². The Balaban J connectivity index is 1.69. The second kappa shape index (κ2) is 6.71. The van der Waals surface area contributed by atoms with Crippen molar-refractivity contribution in [3.63, 3.8) is 0 Å². The first-order valence-electron chi connectivity index (χ1n) is 8.99. The highest BCUT2D eigenvalue weighted by molar-refractivity contribution is 6.02. The van der Waals surface area contributed by atoms with E-state index in [0.29, 0.717) is 11.5 Å². The fraction of sp³-hybridized carbons (Fsp3) is 0.333. The summed E-state index contributed by atoms with van der Waals surface area (Å²) < 4.78 is 1.98. The molecule has 0 aliphatic heterocycles. The minimum Gasteiger partial charge on any atom is -0.478 e. The minimum atomic E-state index is -0.902. The molecule has 0 saturated heterocycles. The normalized spacial score (nSPS) is 15.5. The van der Waals surface area contributed by atoms with Gasteiger partial charge in [0.1, 0.15) is 0 Å². The van der Waals surface area contributed by atoms with Gasteiger partial charge in [-0.15, -0.1) is 0 Å². The quantitative estimate of drug-likeness (QED) is 0.732. The number of hydrogen-bond acceptors (Lipinski definition) is 2. The molecule has 1 aromatic heterocycles. The fourth-order valence-electron chi connectivity index (χ4n) is 3.89. The van der Waals surface area contributed by atoms with E-state index in [4.69, 9.17) is 0 Å². The van der Waals surface area contributed by atoms with Crippen LogP contribution in [0.15, 0.2) is 48.8 Å². The monoisotopic (exact) mass is 334 g/mol. The first-order chi connectivity index (χ1) is 12.2. The van der Waals surface area contributed by atoms with Gasteiger partial charge >= 0.3 is 5.97 Å². The number of aromatic nitrogens is 2. The zero-order chi connectivity index (χ0) is 17.2. The number of fused-ring (bicyclic) bond motifs is 1. The number of carbonyl (C=O) groups is 1. The predicted octanol–water partition coefficient (Wildman–Crippen LogP) is 4.98. The molecule has 1 heterocycles. The highest BCUT2D eigenvalue weighted by atomic mass is 16.4. The Morgan fingerprint density at radius 1 is 1.12 bits per heavy atom. The van der Waals surface area contributed by atoms with Gasteiger partial charge in [0.15, 0.2) is 0 Å². The molecule has 25 heavy (non-hydrogen) atoms. The van der Waals surface area contributed by atoms with Crippen molar-refractivity contribution in [1.82, 2.24) is 9.78 Å². The van der Waals surface area contributed by atoms with Crippen LogP contribution in [0.4, 0.5) is 0 Å². The van der Waals surface area contributed by atoms with E-state index in [9.17, 15) is 9.90 Å². The Bertz CT molecular complexity index is 907. The molecule has 1 fully saturated rings. The van der Waals surface area contributed by atoms with E-state index >= 15 is 0 Å². The van der Waals surface area contributed by atoms with Crippen molar-refractivity contribution in [2.45, 2.75) is 38.6 Å². The van der Waals surface area contributed by atoms with Crippen LogP contribution in [-0.4, -0.2) is 20.9 Å². The van der Waals surface area contributed by atoms with Crippen molar-refractivity contribution in [3.05, 3.63) is 54.4 Å². The molecule has 4 nitrogen and oxygen atoms in total. The van der Waals surface area contributed by atoms with Gasteiger partial charge in [-0.05, 0) is 47.2 Å².